The van der Waals surface area contributed by atoms with Crippen molar-refractivity contribution >= 4 is 40.8 Å². The van der Waals surface area contributed by atoms with Gasteiger partial charge >= 0.3 is 0 Å². The van der Waals surface area contributed by atoms with Crippen molar-refractivity contribution in [3.05, 3.63) is 41.6 Å². The molecule has 3 aromatic rings. The van der Waals surface area contributed by atoms with Gasteiger partial charge in [0, 0.05) is 60.0 Å². The van der Waals surface area contributed by atoms with Crippen molar-refractivity contribution < 1.29 is 4.79 Å². The molecule has 9 nitrogen and oxygen atoms in total. The van der Waals surface area contributed by atoms with Crippen LogP contribution in [0.15, 0.2) is 40.4 Å². The fourth-order valence-electron chi connectivity index (χ4n) is 4.01. The van der Waals surface area contributed by atoms with Crippen molar-refractivity contribution in [2.75, 3.05) is 48.8 Å². The molecule has 1 amide bonds. The molecule has 1 saturated carbocycles. The number of nitrogens with one attached hydrogen (secondary N) is 3. The summed E-state index contributed by atoms with van der Waals surface area (Å²) in [5.74, 6) is 2.77. The Bertz CT molecular complexity index is 1180. The smallest absolute Gasteiger partial charge is 0.227 e. The van der Waals surface area contributed by atoms with Crippen molar-refractivity contribution in [3.8, 4) is 0 Å². The third-order valence-corrected chi connectivity index (χ3v) is 7.31. The van der Waals surface area contributed by atoms with E-state index in [-0.39, 0.29) is 11.8 Å². The highest BCUT2D eigenvalue weighted by Crippen LogP contribution is 2.34. The van der Waals surface area contributed by atoms with Crippen molar-refractivity contribution in [3.63, 3.8) is 0 Å². The molecule has 2 fully saturated rings. The Balaban J connectivity index is 1.39. The number of rotatable bonds is 8. The molecule has 10 heteroatoms. The molecular formula is C25H32N8OS. The summed E-state index contributed by atoms with van der Waals surface area (Å²) < 4.78 is 0. The summed E-state index contributed by atoms with van der Waals surface area (Å²) in [6.45, 7) is 8.01. The van der Waals surface area contributed by atoms with Gasteiger partial charge in [0.05, 0.1) is 0 Å². The van der Waals surface area contributed by atoms with E-state index in [0.29, 0.717) is 5.16 Å². The van der Waals surface area contributed by atoms with E-state index in [2.05, 4.69) is 51.5 Å². The summed E-state index contributed by atoms with van der Waals surface area (Å²) in [5.41, 5.74) is 2.90. The van der Waals surface area contributed by atoms with Crippen LogP contribution in [0.5, 0.6) is 0 Å². The van der Waals surface area contributed by atoms with Crippen LogP contribution in [0, 0.1) is 12.8 Å². The van der Waals surface area contributed by atoms with Crippen LogP contribution in [-0.2, 0) is 11.2 Å². The van der Waals surface area contributed by atoms with Crippen LogP contribution in [0.1, 0.15) is 31.0 Å². The molecule has 1 saturated heterocycles. The number of piperazine rings is 1. The molecule has 0 bridgehead atoms. The van der Waals surface area contributed by atoms with Crippen LogP contribution in [0.25, 0.3) is 0 Å². The van der Waals surface area contributed by atoms with Gasteiger partial charge in [0.2, 0.25) is 5.91 Å². The Morgan fingerprint density at radius 1 is 1.14 bits per heavy atom. The van der Waals surface area contributed by atoms with E-state index >= 15 is 0 Å². The van der Waals surface area contributed by atoms with Gasteiger partial charge in [-0.25, -0.2) is 9.97 Å². The van der Waals surface area contributed by atoms with E-state index in [1.54, 1.807) is 0 Å². The fraction of sp³-hybridized carbons (Fsp3) is 0.440. The first-order chi connectivity index (χ1) is 17.0. The molecule has 0 unspecified atom stereocenters. The van der Waals surface area contributed by atoms with Gasteiger partial charge in [0.25, 0.3) is 0 Å². The number of aromatic nitrogens is 4. The molecule has 2 aromatic heterocycles. The predicted octanol–water partition coefficient (Wildman–Crippen LogP) is 4.07. The van der Waals surface area contributed by atoms with Crippen LogP contribution in [0.2, 0.25) is 0 Å². The molecule has 184 valence electrons. The van der Waals surface area contributed by atoms with Crippen LogP contribution >= 0.6 is 11.8 Å². The lowest BCUT2D eigenvalue weighted by atomic mass is 10.2. The maximum Gasteiger partial charge on any atom is 0.227 e. The average molecular weight is 493 g/mol. The third-order valence-electron chi connectivity index (χ3n) is 6.44. The maximum atomic E-state index is 12.0. The molecule has 0 radical (unpaired) electrons. The number of likely N-dealkylation sites (N-methyl/N-ethyl adjacent to an activating group) is 1. The summed E-state index contributed by atoms with van der Waals surface area (Å²) in [6, 6.07) is 9.89. The lowest BCUT2D eigenvalue weighted by Crippen LogP contribution is -2.45. The minimum Gasteiger partial charge on any atom is -0.354 e. The Labute approximate surface area is 210 Å². The lowest BCUT2D eigenvalue weighted by molar-refractivity contribution is -0.117. The number of aryl methyl sites for hydroxylation is 1. The molecule has 1 aliphatic heterocycles. The number of amides is 1. The first-order valence-corrected chi connectivity index (χ1v) is 13.0. The second-order valence-corrected chi connectivity index (χ2v) is 10.3. The van der Waals surface area contributed by atoms with Gasteiger partial charge in [-0.3, -0.25) is 9.89 Å². The largest absolute Gasteiger partial charge is 0.354 e. The Hall–Kier alpha value is -3.11. The van der Waals surface area contributed by atoms with E-state index in [9.17, 15) is 4.79 Å². The van der Waals surface area contributed by atoms with Gasteiger partial charge < -0.3 is 20.4 Å². The third kappa shape index (κ3) is 5.76. The molecule has 5 rings (SSSR count). The van der Waals surface area contributed by atoms with Crippen molar-refractivity contribution in [2.24, 2.45) is 5.92 Å². The number of hydrogen-bond acceptors (Lipinski definition) is 8. The topological polar surface area (TPSA) is 102 Å². The second kappa shape index (κ2) is 10.2. The van der Waals surface area contributed by atoms with Crippen LogP contribution < -0.4 is 15.5 Å². The zero-order valence-electron chi connectivity index (χ0n) is 20.5. The number of benzene rings is 1. The van der Waals surface area contributed by atoms with E-state index in [0.717, 1.165) is 84.7 Å². The average Bonchev–Trinajstić information content (AvgIpc) is 3.62. The van der Waals surface area contributed by atoms with Gasteiger partial charge in [-0.05, 0) is 69.3 Å². The zero-order chi connectivity index (χ0) is 24.4. The number of hydrogen-bond donors (Lipinski definition) is 3. The van der Waals surface area contributed by atoms with Gasteiger partial charge in [0.15, 0.2) is 11.0 Å². The number of anilines is 4. The fourth-order valence-corrected chi connectivity index (χ4v) is 4.76. The second-order valence-electron chi connectivity index (χ2n) is 9.24. The molecule has 1 aromatic carbocycles. The van der Waals surface area contributed by atoms with Crippen LogP contribution in [-0.4, -0.2) is 64.2 Å². The van der Waals surface area contributed by atoms with E-state index in [1.807, 2.05) is 30.3 Å². The highest BCUT2D eigenvalue weighted by atomic mass is 32.2. The van der Waals surface area contributed by atoms with E-state index < -0.39 is 0 Å². The minimum absolute atomic E-state index is 0.115. The first-order valence-electron chi connectivity index (χ1n) is 12.2. The highest BCUT2D eigenvalue weighted by Gasteiger charge is 2.29. The Morgan fingerprint density at radius 2 is 1.89 bits per heavy atom. The maximum absolute atomic E-state index is 12.0. The van der Waals surface area contributed by atoms with Gasteiger partial charge in [-0.2, -0.15) is 5.10 Å². The van der Waals surface area contributed by atoms with Crippen LogP contribution in [0.4, 0.5) is 23.1 Å². The summed E-state index contributed by atoms with van der Waals surface area (Å²) in [6.07, 6.45) is 2.88. The van der Waals surface area contributed by atoms with E-state index in [4.69, 9.17) is 9.97 Å². The van der Waals surface area contributed by atoms with Crippen molar-refractivity contribution in [2.45, 2.75) is 43.2 Å². The molecular weight excluding hydrogens is 460 g/mol. The van der Waals surface area contributed by atoms with Gasteiger partial charge in [-0.15, -0.1) is 0 Å². The Kier molecular flexibility index (Phi) is 6.92. The van der Waals surface area contributed by atoms with E-state index in [1.165, 1.54) is 11.8 Å². The highest BCUT2D eigenvalue weighted by molar-refractivity contribution is 7.99. The van der Waals surface area contributed by atoms with Gasteiger partial charge in [0.1, 0.15) is 11.6 Å². The molecule has 3 N–H and O–H groups in total. The number of nitrogens with zero attached hydrogens (tertiary/aromatic N) is 5. The minimum atomic E-state index is 0.115. The summed E-state index contributed by atoms with van der Waals surface area (Å²) >= 11 is 1.52. The number of H-pyrrole nitrogens is 1. The Morgan fingerprint density at radius 3 is 2.54 bits per heavy atom. The van der Waals surface area contributed by atoms with Gasteiger partial charge in [-0.1, -0.05) is 6.92 Å². The predicted molar refractivity (Wildman–Crippen MR) is 140 cm³/mol. The van der Waals surface area contributed by atoms with Crippen LogP contribution in [0.3, 0.4) is 0 Å². The first kappa shape index (κ1) is 23.6. The lowest BCUT2D eigenvalue weighted by Gasteiger charge is -2.34. The monoisotopic (exact) mass is 492 g/mol. The quantitative estimate of drug-likeness (QED) is 0.405. The normalized spacial score (nSPS) is 16.4. The molecule has 35 heavy (non-hydrogen) atoms. The molecule has 1 aliphatic carbocycles. The van der Waals surface area contributed by atoms with Crippen molar-refractivity contribution in [1.29, 1.82) is 0 Å². The summed E-state index contributed by atoms with van der Waals surface area (Å²) in [5, 5.41) is 14.5. The number of carbonyl (C=O) groups excluding carboxylic acids is 1. The van der Waals surface area contributed by atoms with Crippen molar-refractivity contribution in [1.82, 2.24) is 25.1 Å². The SMILES string of the molecule is CCc1cc(Nc2nc(Sc3ccc(NC(=O)C4CC4)cc3)nc(N3CCN(C)CC3)c2C)n[nH]1. The summed E-state index contributed by atoms with van der Waals surface area (Å²) in [7, 11) is 2.15. The molecule has 0 atom stereocenters. The summed E-state index contributed by atoms with van der Waals surface area (Å²) in [4.78, 5) is 27.5. The number of carbonyl (C=O) groups is 1. The molecule has 0 spiro atoms. The molecule has 3 heterocycles. The molecule has 2 aliphatic rings. The zero-order valence-corrected chi connectivity index (χ0v) is 21.3. The number of aromatic amines is 1. The standard InChI is InChI=1S/C25H32N8OS/c1-4-18-15-21(31-30-18)27-22-16(2)23(33-13-11-32(3)12-14-33)29-25(28-22)35-20-9-7-19(8-10-20)26-24(34)17-5-6-17/h7-10,15,17H,4-6,11-14H2,1-3H3,(H,26,34)(H2,27,28,29,30,31).